The minimum absolute atomic E-state index is 0.561. The van der Waals surface area contributed by atoms with Crippen molar-refractivity contribution in [3.63, 3.8) is 0 Å². The van der Waals surface area contributed by atoms with Gasteiger partial charge in [-0.1, -0.05) is 0 Å². The lowest BCUT2D eigenvalue weighted by Gasteiger charge is -2.35. The molecule has 0 saturated carbocycles. The molecule has 4 nitrogen and oxygen atoms in total. The molecule has 2 saturated heterocycles. The molecule has 1 aromatic carbocycles. The Morgan fingerprint density at radius 2 is 1.80 bits per heavy atom. The van der Waals surface area contributed by atoms with Crippen molar-refractivity contribution in [2.75, 3.05) is 32.6 Å². The van der Waals surface area contributed by atoms with Crippen LogP contribution < -0.4 is 14.8 Å². The number of nitrogens with zero attached hydrogens (tertiary/aromatic N) is 1. The van der Waals surface area contributed by atoms with Crippen LogP contribution in [0.15, 0.2) is 18.2 Å². The maximum absolute atomic E-state index is 5.33. The fraction of sp³-hybridized carbons (Fsp3) is 0.625. The van der Waals surface area contributed by atoms with Crippen molar-refractivity contribution in [1.29, 1.82) is 0 Å². The quantitative estimate of drug-likeness (QED) is 0.917. The van der Waals surface area contributed by atoms with Crippen LogP contribution in [0.1, 0.15) is 25.7 Å². The first-order valence-corrected chi connectivity index (χ1v) is 7.52. The fourth-order valence-electron chi connectivity index (χ4n) is 3.48. The average Bonchev–Trinajstić information content (AvgIpc) is 2.94. The molecule has 2 aliphatic rings. The molecule has 4 heteroatoms. The SMILES string of the molecule is COc1cc(NC2CCN3CCCC3C2)cc(OC)c1. The summed E-state index contributed by atoms with van der Waals surface area (Å²) in [5.74, 6) is 1.68. The highest BCUT2D eigenvalue weighted by Gasteiger charge is 2.31. The van der Waals surface area contributed by atoms with E-state index in [9.17, 15) is 0 Å². The highest BCUT2D eigenvalue weighted by atomic mass is 16.5. The molecule has 1 N–H and O–H groups in total. The second kappa shape index (κ2) is 5.92. The van der Waals surface area contributed by atoms with E-state index >= 15 is 0 Å². The van der Waals surface area contributed by atoms with E-state index in [2.05, 4.69) is 10.2 Å². The van der Waals surface area contributed by atoms with Crippen LogP contribution >= 0.6 is 0 Å². The summed E-state index contributed by atoms with van der Waals surface area (Å²) in [7, 11) is 3.38. The maximum atomic E-state index is 5.33. The number of benzene rings is 1. The van der Waals surface area contributed by atoms with Gasteiger partial charge in [0.2, 0.25) is 0 Å². The first kappa shape index (κ1) is 13.6. The molecule has 0 spiro atoms. The fourth-order valence-corrected chi connectivity index (χ4v) is 3.48. The van der Waals surface area contributed by atoms with Crippen LogP contribution in [0.2, 0.25) is 0 Å². The summed E-state index contributed by atoms with van der Waals surface area (Å²) in [5, 5.41) is 3.66. The summed E-state index contributed by atoms with van der Waals surface area (Å²) in [4.78, 5) is 2.64. The Labute approximate surface area is 121 Å². The van der Waals surface area contributed by atoms with Crippen LogP contribution in [0.5, 0.6) is 11.5 Å². The zero-order valence-corrected chi connectivity index (χ0v) is 12.4. The lowest BCUT2D eigenvalue weighted by atomic mass is 9.97. The summed E-state index contributed by atoms with van der Waals surface area (Å²) in [6.07, 6.45) is 5.19. The summed E-state index contributed by atoms with van der Waals surface area (Å²) in [6, 6.07) is 7.35. The lowest BCUT2D eigenvalue weighted by molar-refractivity contribution is 0.188. The lowest BCUT2D eigenvalue weighted by Crippen LogP contribution is -2.42. The summed E-state index contributed by atoms with van der Waals surface area (Å²) in [6.45, 7) is 2.52. The summed E-state index contributed by atoms with van der Waals surface area (Å²) in [5.41, 5.74) is 1.10. The monoisotopic (exact) mass is 276 g/mol. The molecule has 2 fully saturated rings. The summed E-state index contributed by atoms with van der Waals surface area (Å²) < 4.78 is 10.7. The Balaban J connectivity index is 1.68. The van der Waals surface area contributed by atoms with Gasteiger partial charge in [-0.25, -0.2) is 0 Å². The largest absolute Gasteiger partial charge is 0.497 e. The topological polar surface area (TPSA) is 33.7 Å². The van der Waals surface area contributed by atoms with E-state index in [-0.39, 0.29) is 0 Å². The third-order valence-corrected chi connectivity index (χ3v) is 4.54. The molecule has 3 rings (SSSR count). The molecule has 2 unspecified atom stereocenters. The number of anilines is 1. The van der Waals surface area contributed by atoms with E-state index < -0.39 is 0 Å². The van der Waals surface area contributed by atoms with Gasteiger partial charge in [0.15, 0.2) is 0 Å². The standard InChI is InChI=1S/C16H24N2O2/c1-19-15-9-13(10-16(11-15)20-2)17-12-5-7-18-6-3-4-14(18)8-12/h9-12,14,17H,3-8H2,1-2H3. The number of rotatable bonds is 4. The maximum Gasteiger partial charge on any atom is 0.124 e. The zero-order chi connectivity index (χ0) is 13.9. The van der Waals surface area contributed by atoms with Crippen LogP contribution in [0.3, 0.4) is 0 Å². The minimum Gasteiger partial charge on any atom is -0.497 e. The molecule has 110 valence electrons. The van der Waals surface area contributed by atoms with Gasteiger partial charge in [0.1, 0.15) is 11.5 Å². The van der Waals surface area contributed by atoms with Crippen LogP contribution in [-0.4, -0.2) is 44.3 Å². The van der Waals surface area contributed by atoms with E-state index in [0.717, 1.165) is 23.2 Å². The minimum atomic E-state index is 0.561. The van der Waals surface area contributed by atoms with Crippen molar-refractivity contribution in [3.05, 3.63) is 18.2 Å². The average molecular weight is 276 g/mol. The van der Waals surface area contributed by atoms with Crippen molar-refractivity contribution >= 4 is 5.69 Å². The molecule has 0 amide bonds. The number of piperidine rings is 1. The van der Waals surface area contributed by atoms with E-state index in [1.807, 2.05) is 18.2 Å². The van der Waals surface area contributed by atoms with Crippen LogP contribution in [0, 0.1) is 0 Å². The molecule has 2 aliphatic heterocycles. The van der Waals surface area contributed by atoms with Crippen molar-refractivity contribution in [1.82, 2.24) is 4.90 Å². The van der Waals surface area contributed by atoms with Gasteiger partial charge in [-0.3, -0.25) is 0 Å². The van der Waals surface area contributed by atoms with Gasteiger partial charge in [0.25, 0.3) is 0 Å². The van der Waals surface area contributed by atoms with Gasteiger partial charge in [-0.05, 0) is 32.2 Å². The van der Waals surface area contributed by atoms with Crippen LogP contribution in [-0.2, 0) is 0 Å². The van der Waals surface area contributed by atoms with E-state index in [0.29, 0.717) is 6.04 Å². The Bertz CT molecular complexity index is 442. The van der Waals surface area contributed by atoms with Gasteiger partial charge in [-0.15, -0.1) is 0 Å². The molecule has 0 aromatic heterocycles. The molecule has 0 aliphatic carbocycles. The number of nitrogens with one attached hydrogen (secondary N) is 1. The predicted octanol–water partition coefficient (Wildman–Crippen LogP) is 2.74. The normalized spacial score (nSPS) is 26.1. The molecule has 0 bridgehead atoms. The van der Waals surface area contributed by atoms with Gasteiger partial charge >= 0.3 is 0 Å². The first-order chi connectivity index (χ1) is 9.78. The molecular weight excluding hydrogens is 252 g/mol. The Morgan fingerprint density at radius 1 is 1.05 bits per heavy atom. The van der Waals surface area contributed by atoms with Crippen LogP contribution in [0.25, 0.3) is 0 Å². The van der Waals surface area contributed by atoms with Gasteiger partial charge in [0.05, 0.1) is 14.2 Å². The predicted molar refractivity (Wildman–Crippen MR) is 80.8 cm³/mol. The van der Waals surface area contributed by atoms with Crippen LogP contribution in [0.4, 0.5) is 5.69 Å². The highest BCUT2D eigenvalue weighted by molar-refractivity contribution is 5.54. The molecule has 2 atom stereocenters. The molecular formula is C16H24N2O2. The third kappa shape index (κ3) is 2.85. The zero-order valence-electron chi connectivity index (χ0n) is 12.4. The second-order valence-corrected chi connectivity index (χ2v) is 5.80. The van der Waals surface area contributed by atoms with Crippen molar-refractivity contribution in [3.8, 4) is 11.5 Å². The molecule has 2 heterocycles. The third-order valence-electron chi connectivity index (χ3n) is 4.54. The van der Waals surface area contributed by atoms with E-state index in [1.165, 1.54) is 38.8 Å². The highest BCUT2D eigenvalue weighted by Crippen LogP contribution is 2.31. The van der Waals surface area contributed by atoms with Gasteiger partial charge in [0, 0.05) is 42.5 Å². The number of hydrogen-bond donors (Lipinski definition) is 1. The number of ether oxygens (including phenoxy) is 2. The van der Waals surface area contributed by atoms with E-state index in [1.54, 1.807) is 14.2 Å². The Hall–Kier alpha value is -1.42. The van der Waals surface area contributed by atoms with Crippen molar-refractivity contribution in [2.24, 2.45) is 0 Å². The Kier molecular flexibility index (Phi) is 4.01. The van der Waals surface area contributed by atoms with Crippen molar-refractivity contribution in [2.45, 2.75) is 37.8 Å². The molecule has 20 heavy (non-hydrogen) atoms. The molecule has 1 aromatic rings. The van der Waals surface area contributed by atoms with Gasteiger partial charge in [-0.2, -0.15) is 0 Å². The smallest absolute Gasteiger partial charge is 0.124 e. The van der Waals surface area contributed by atoms with Crippen molar-refractivity contribution < 1.29 is 9.47 Å². The molecule has 0 radical (unpaired) electrons. The van der Waals surface area contributed by atoms with Gasteiger partial charge < -0.3 is 19.7 Å². The second-order valence-electron chi connectivity index (χ2n) is 5.80. The van der Waals surface area contributed by atoms with E-state index in [4.69, 9.17) is 9.47 Å². The Morgan fingerprint density at radius 3 is 2.50 bits per heavy atom. The number of hydrogen-bond acceptors (Lipinski definition) is 4. The number of methoxy groups -OCH3 is 2. The number of fused-ring (bicyclic) bond motifs is 1. The first-order valence-electron chi connectivity index (χ1n) is 7.52. The summed E-state index contributed by atoms with van der Waals surface area (Å²) >= 11 is 0.